The molecule has 0 spiro atoms. The van der Waals surface area contributed by atoms with Crippen molar-refractivity contribution in [2.75, 3.05) is 0 Å². The molecule has 0 aliphatic carbocycles. The summed E-state index contributed by atoms with van der Waals surface area (Å²) in [7, 11) is -3.88. The van der Waals surface area contributed by atoms with Crippen LogP contribution in [-0.2, 0) is 14.8 Å². The number of furan rings is 1. The van der Waals surface area contributed by atoms with Crippen molar-refractivity contribution in [3.8, 4) is 0 Å². The minimum atomic E-state index is -3.88. The average molecular weight is 389 g/mol. The Morgan fingerprint density at radius 2 is 1.74 bits per heavy atom. The molecule has 7 heteroatoms. The van der Waals surface area contributed by atoms with Gasteiger partial charge in [-0.15, -0.1) is 0 Å². The molecule has 3 aromatic rings. The predicted molar refractivity (Wildman–Crippen MR) is 104 cm³/mol. The van der Waals surface area contributed by atoms with Gasteiger partial charge in [-0.25, -0.2) is 13.1 Å². The lowest BCUT2D eigenvalue weighted by atomic mass is 9.94. The van der Waals surface area contributed by atoms with Gasteiger partial charge in [-0.1, -0.05) is 39.0 Å². The number of carboxylic acids is 1. The quantitative estimate of drug-likeness (QED) is 0.637. The molecular formula is C20H23NO5S. The number of aliphatic carboxylic acids is 1. The van der Waals surface area contributed by atoms with E-state index < -0.39 is 28.0 Å². The zero-order chi connectivity index (χ0) is 19.8. The zero-order valence-corrected chi connectivity index (χ0v) is 16.3. The summed E-state index contributed by atoms with van der Waals surface area (Å²) in [4.78, 5) is 11.5. The van der Waals surface area contributed by atoms with Gasteiger partial charge in [0.25, 0.3) is 0 Å². The maximum Gasteiger partial charge on any atom is 0.307 e. The molecule has 0 saturated carbocycles. The number of hydrogen-bond donors (Lipinski definition) is 2. The summed E-state index contributed by atoms with van der Waals surface area (Å²) < 4.78 is 34.2. The topological polar surface area (TPSA) is 96.6 Å². The van der Waals surface area contributed by atoms with E-state index in [0.717, 1.165) is 5.39 Å². The van der Waals surface area contributed by atoms with Gasteiger partial charge in [0.1, 0.15) is 11.2 Å². The highest BCUT2D eigenvalue weighted by Gasteiger charge is 2.29. The first-order valence-corrected chi connectivity index (χ1v) is 10.3. The molecule has 144 valence electrons. The SMILES string of the molecule is CC(C)CC(NS(=O)(=O)c1ccc2oc3ccccc3c2c1)C(C)C(=O)O. The van der Waals surface area contributed by atoms with Gasteiger partial charge in [0, 0.05) is 16.8 Å². The van der Waals surface area contributed by atoms with Crippen LogP contribution in [0.15, 0.2) is 51.8 Å². The lowest BCUT2D eigenvalue weighted by Crippen LogP contribution is -2.43. The molecule has 2 atom stereocenters. The van der Waals surface area contributed by atoms with Gasteiger partial charge in [0.05, 0.1) is 10.8 Å². The summed E-state index contributed by atoms with van der Waals surface area (Å²) in [6, 6.07) is 11.4. The molecule has 0 fully saturated rings. The van der Waals surface area contributed by atoms with Gasteiger partial charge in [0.15, 0.2) is 0 Å². The highest BCUT2D eigenvalue weighted by atomic mass is 32.2. The van der Waals surface area contributed by atoms with E-state index in [1.54, 1.807) is 12.1 Å². The molecule has 0 saturated heterocycles. The van der Waals surface area contributed by atoms with E-state index in [1.165, 1.54) is 13.0 Å². The van der Waals surface area contributed by atoms with Crippen molar-refractivity contribution in [3.05, 3.63) is 42.5 Å². The van der Waals surface area contributed by atoms with Crippen LogP contribution in [0.4, 0.5) is 0 Å². The van der Waals surface area contributed by atoms with E-state index in [0.29, 0.717) is 23.0 Å². The van der Waals surface area contributed by atoms with E-state index in [-0.39, 0.29) is 10.8 Å². The molecule has 0 aliphatic rings. The Hall–Kier alpha value is -2.38. The predicted octanol–water partition coefficient (Wildman–Crippen LogP) is 4.00. The third kappa shape index (κ3) is 3.99. The smallest absolute Gasteiger partial charge is 0.307 e. The second kappa shape index (κ2) is 7.32. The summed E-state index contributed by atoms with van der Waals surface area (Å²) >= 11 is 0. The number of nitrogens with one attached hydrogen (secondary N) is 1. The molecule has 0 radical (unpaired) electrons. The van der Waals surface area contributed by atoms with Crippen molar-refractivity contribution in [2.24, 2.45) is 11.8 Å². The molecule has 0 aliphatic heterocycles. The Bertz CT molecular complexity index is 1080. The molecule has 0 bridgehead atoms. The Labute approximate surface area is 158 Å². The summed E-state index contributed by atoms with van der Waals surface area (Å²) in [6.07, 6.45) is 0.434. The number of benzene rings is 2. The average Bonchev–Trinajstić information content (AvgIpc) is 2.97. The van der Waals surface area contributed by atoms with Crippen LogP contribution in [0.25, 0.3) is 21.9 Å². The number of sulfonamides is 1. The van der Waals surface area contributed by atoms with E-state index in [1.807, 2.05) is 38.1 Å². The van der Waals surface area contributed by atoms with Crippen LogP contribution in [-0.4, -0.2) is 25.5 Å². The van der Waals surface area contributed by atoms with Crippen LogP contribution in [0, 0.1) is 11.8 Å². The van der Waals surface area contributed by atoms with Crippen molar-refractivity contribution < 1.29 is 22.7 Å². The van der Waals surface area contributed by atoms with E-state index in [4.69, 9.17) is 4.42 Å². The Morgan fingerprint density at radius 1 is 1.07 bits per heavy atom. The van der Waals surface area contributed by atoms with Crippen LogP contribution in [0.2, 0.25) is 0 Å². The molecule has 2 N–H and O–H groups in total. The monoisotopic (exact) mass is 389 g/mol. The maximum absolute atomic E-state index is 12.9. The molecule has 1 heterocycles. The summed E-state index contributed by atoms with van der Waals surface area (Å²) in [6.45, 7) is 5.38. The largest absolute Gasteiger partial charge is 0.481 e. The highest BCUT2D eigenvalue weighted by Crippen LogP contribution is 2.30. The van der Waals surface area contributed by atoms with Crippen molar-refractivity contribution in [3.63, 3.8) is 0 Å². The first-order valence-electron chi connectivity index (χ1n) is 8.85. The molecule has 3 rings (SSSR count). The fourth-order valence-corrected chi connectivity index (χ4v) is 4.53. The van der Waals surface area contributed by atoms with Gasteiger partial charge < -0.3 is 9.52 Å². The van der Waals surface area contributed by atoms with Crippen molar-refractivity contribution >= 4 is 37.9 Å². The summed E-state index contributed by atoms with van der Waals surface area (Å²) in [5.41, 5.74) is 1.29. The van der Waals surface area contributed by atoms with Crippen LogP contribution in [0.1, 0.15) is 27.2 Å². The van der Waals surface area contributed by atoms with Gasteiger partial charge in [-0.3, -0.25) is 4.79 Å². The van der Waals surface area contributed by atoms with Crippen molar-refractivity contribution in [2.45, 2.75) is 38.1 Å². The minimum Gasteiger partial charge on any atom is -0.481 e. The molecule has 6 nitrogen and oxygen atoms in total. The molecular weight excluding hydrogens is 366 g/mol. The summed E-state index contributed by atoms with van der Waals surface area (Å²) in [5, 5.41) is 10.9. The lowest BCUT2D eigenvalue weighted by molar-refractivity contribution is -0.142. The number of para-hydroxylation sites is 1. The number of rotatable bonds is 7. The summed E-state index contributed by atoms with van der Waals surface area (Å²) in [5.74, 6) is -1.71. The van der Waals surface area contributed by atoms with Gasteiger partial charge >= 0.3 is 5.97 Å². The Balaban J connectivity index is 1.99. The molecule has 2 aromatic carbocycles. The van der Waals surface area contributed by atoms with Crippen molar-refractivity contribution in [1.82, 2.24) is 4.72 Å². The highest BCUT2D eigenvalue weighted by molar-refractivity contribution is 7.89. The zero-order valence-electron chi connectivity index (χ0n) is 15.5. The minimum absolute atomic E-state index is 0.0906. The lowest BCUT2D eigenvalue weighted by Gasteiger charge is -2.24. The maximum atomic E-state index is 12.9. The first kappa shape index (κ1) is 19.4. The number of fused-ring (bicyclic) bond motifs is 3. The van der Waals surface area contributed by atoms with Crippen LogP contribution in [0.3, 0.4) is 0 Å². The normalized spacial score (nSPS) is 14.7. The molecule has 27 heavy (non-hydrogen) atoms. The van der Waals surface area contributed by atoms with Crippen molar-refractivity contribution in [1.29, 1.82) is 0 Å². The van der Waals surface area contributed by atoms with Gasteiger partial charge in [-0.05, 0) is 36.6 Å². The Morgan fingerprint density at radius 3 is 2.41 bits per heavy atom. The van der Waals surface area contributed by atoms with Gasteiger partial charge in [0.2, 0.25) is 10.0 Å². The fraction of sp³-hybridized carbons (Fsp3) is 0.350. The molecule has 0 amide bonds. The fourth-order valence-electron chi connectivity index (χ4n) is 3.17. The number of carbonyl (C=O) groups is 1. The van der Waals surface area contributed by atoms with Crippen LogP contribution >= 0.6 is 0 Å². The Kier molecular flexibility index (Phi) is 5.26. The standard InChI is InChI=1S/C20H23NO5S/c1-12(2)10-17(13(3)20(22)23)21-27(24,25)14-8-9-19-16(11-14)15-6-4-5-7-18(15)26-19/h4-9,11-13,17,21H,10H2,1-3H3,(H,22,23). The van der Waals surface area contributed by atoms with E-state index in [2.05, 4.69) is 4.72 Å². The van der Waals surface area contributed by atoms with Crippen LogP contribution < -0.4 is 4.72 Å². The van der Waals surface area contributed by atoms with Gasteiger partial charge in [-0.2, -0.15) is 0 Å². The van der Waals surface area contributed by atoms with Crippen LogP contribution in [0.5, 0.6) is 0 Å². The third-order valence-corrected chi connectivity index (χ3v) is 6.17. The van der Waals surface area contributed by atoms with E-state index in [9.17, 15) is 18.3 Å². The first-order chi connectivity index (χ1) is 12.7. The van der Waals surface area contributed by atoms with E-state index >= 15 is 0 Å². The second-order valence-corrected chi connectivity index (χ2v) is 8.95. The molecule has 2 unspecified atom stereocenters. The number of carboxylic acid groups (broad SMARTS) is 1. The number of hydrogen-bond acceptors (Lipinski definition) is 4. The third-order valence-electron chi connectivity index (χ3n) is 4.68. The second-order valence-electron chi connectivity index (χ2n) is 7.24. The molecule has 1 aromatic heterocycles.